The maximum absolute atomic E-state index is 11.3. The second-order valence-electron chi connectivity index (χ2n) is 4.62. The van der Waals surface area contributed by atoms with Crippen LogP contribution in [0.15, 0.2) is 63.3 Å². The third kappa shape index (κ3) is 4.95. The fourth-order valence-electron chi connectivity index (χ4n) is 2.09. The number of azide groups is 1. The Hall–Kier alpha value is -1.57. The van der Waals surface area contributed by atoms with Crippen molar-refractivity contribution < 1.29 is 18.9 Å². The molecule has 1 aromatic carbocycles. The van der Waals surface area contributed by atoms with Gasteiger partial charge in [0.15, 0.2) is 0 Å². The van der Waals surface area contributed by atoms with Crippen molar-refractivity contribution >= 4 is 36.2 Å². The minimum absolute atomic E-state index is 0.00522. The Morgan fingerprint density at radius 3 is 2.43 bits per heavy atom. The number of phosphoric acid groups is 1. The lowest BCUT2D eigenvalue weighted by Gasteiger charge is -2.20. The quantitative estimate of drug-likeness (QED) is 0.169. The van der Waals surface area contributed by atoms with Gasteiger partial charge in [-0.3, -0.25) is 9.79 Å². The molecule has 0 fully saturated rings. The highest BCUT2D eigenvalue weighted by Gasteiger charge is 2.28. The summed E-state index contributed by atoms with van der Waals surface area (Å²) in [5.74, 6) is -0.192. The molecule has 23 heavy (non-hydrogen) atoms. The number of benzene rings is 1. The number of nitrogens with zero attached hydrogens (tertiary/aromatic N) is 3. The van der Waals surface area contributed by atoms with E-state index in [1.807, 2.05) is 46.9 Å². The first-order chi connectivity index (χ1) is 10.9. The molecular weight excluding hydrogens is 432 g/mol. The number of halogens is 1. The number of rotatable bonds is 6. The highest BCUT2D eigenvalue weighted by molar-refractivity contribution is 14.1. The summed E-state index contributed by atoms with van der Waals surface area (Å²) in [6, 6.07) is 7.89. The van der Waals surface area contributed by atoms with Gasteiger partial charge in [0.2, 0.25) is 0 Å². The number of hydrogen-bond acceptors (Lipinski definition) is 3. The Labute approximate surface area is 146 Å². The summed E-state index contributed by atoms with van der Waals surface area (Å²) >= 11 is 1.90. The molecule has 0 heterocycles. The lowest BCUT2D eigenvalue weighted by Crippen LogP contribution is -2.15. The van der Waals surface area contributed by atoms with Gasteiger partial charge in [0.1, 0.15) is 5.76 Å². The Kier molecular flexibility index (Phi) is 6.04. The van der Waals surface area contributed by atoms with Crippen LogP contribution in [0.2, 0.25) is 0 Å². The van der Waals surface area contributed by atoms with Crippen LogP contribution >= 0.6 is 30.4 Å². The molecule has 0 aromatic heterocycles. The van der Waals surface area contributed by atoms with E-state index in [1.165, 1.54) is 0 Å². The highest BCUT2D eigenvalue weighted by atomic mass is 127. The summed E-state index contributed by atoms with van der Waals surface area (Å²) in [5, 5.41) is 3.76. The van der Waals surface area contributed by atoms with E-state index in [0.29, 0.717) is 9.14 Å². The molecule has 0 radical (unpaired) electrons. The van der Waals surface area contributed by atoms with Crippen LogP contribution in [-0.2, 0) is 9.09 Å². The normalized spacial score (nSPS) is 16.7. The van der Waals surface area contributed by atoms with Crippen molar-refractivity contribution in [1.82, 2.24) is 0 Å². The molecule has 1 aromatic rings. The molecule has 9 heteroatoms. The summed E-state index contributed by atoms with van der Waals surface area (Å²) in [7, 11) is -4.76. The maximum Gasteiger partial charge on any atom is 0.524 e. The van der Waals surface area contributed by atoms with E-state index < -0.39 is 13.9 Å². The Bertz CT molecular complexity index is 739. The average molecular weight is 445 g/mol. The van der Waals surface area contributed by atoms with Crippen LogP contribution in [0.3, 0.4) is 0 Å². The zero-order chi connectivity index (χ0) is 16.9. The van der Waals surface area contributed by atoms with Crippen LogP contribution in [0.5, 0.6) is 0 Å². The lowest BCUT2D eigenvalue weighted by atomic mass is 10.0. The molecule has 2 N–H and O–H groups in total. The van der Waals surface area contributed by atoms with Crippen molar-refractivity contribution in [2.45, 2.75) is 6.04 Å². The van der Waals surface area contributed by atoms with Crippen molar-refractivity contribution in [3.05, 3.63) is 74.2 Å². The number of phosphoric ester groups is 1. The first-order valence-corrected chi connectivity index (χ1v) is 9.12. The van der Waals surface area contributed by atoms with Gasteiger partial charge in [0, 0.05) is 20.0 Å². The topological polar surface area (TPSA) is 116 Å². The molecule has 0 bridgehead atoms. The minimum Gasteiger partial charge on any atom is -0.403 e. The van der Waals surface area contributed by atoms with Crippen molar-refractivity contribution in [3.8, 4) is 0 Å². The van der Waals surface area contributed by atoms with Crippen molar-refractivity contribution in [2.24, 2.45) is 11.0 Å². The van der Waals surface area contributed by atoms with Gasteiger partial charge >= 0.3 is 7.82 Å². The molecule has 0 saturated heterocycles. The van der Waals surface area contributed by atoms with E-state index in [0.717, 1.165) is 0 Å². The first-order valence-electron chi connectivity index (χ1n) is 6.52. The fourth-order valence-corrected chi connectivity index (χ4v) is 3.67. The molecule has 0 aliphatic heterocycles. The van der Waals surface area contributed by atoms with E-state index in [1.54, 1.807) is 30.3 Å². The van der Waals surface area contributed by atoms with Gasteiger partial charge in [-0.25, -0.2) is 4.57 Å². The van der Waals surface area contributed by atoms with E-state index in [-0.39, 0.29) is 11.7 Å². The second-order valence-corrected chi connectivity index (χ2v) is 6.95. The van der Waals surface area contributed by atoms with Gasteiger partial charge in [0.25, 0.3) is 0 Å². The van der Waals surface area contributed by atoms with E-state index in [4.69, 9.17) is 10.1 Å². The molecule has 2 rings (SSSR count). The minimum atomic E-state index is -4.76. The van der Waals surface area contributed by atoms with Crippen LogP contribution in [0.25, 0.3) is 16.2 Å². The second kappa shape index (κ2) is 7.81. The molecule has 0 amide bonds. The molecule has 0 spiro atoms. The van der Waals surface area contributed by atoms with Gasteiger partial charge < -0.3 is 4.52 Å². The standard InChI is InChI=1S/C14H13IN3O4P/c15-12(13(17-18-16)10-6-4-5-7-10)14(22-23(19,20)21)11-8-2-1-3-9-11/h1-10,13H,(H2,19,20,21). The van der Waals surface area contributed by atoms with Crippen LogP contribution in [0, 0.1) is 5.92 Å². The Morgan fingerprint density at radius 2 is 1.91 bits per heavy atom. The van der Waals surface area contributed by atoms with Gasteiger partial charge in [-0.2, -0.15) is 0 Å². The molecule has 1 atom stereocenters. The summed E-state index contributed by atoms with van der Waals surface area (Å²) in [6.45, 7) is 0. The van der Waals surface area contributed by atoms with Gasteiger partial charge in [-0.1, -0.05) is 59.8 Å². The van der Waals surface area contributed by atoms with Crippen LogP contribution in [0.4, 0.5) is 0 Å². The van der Waals surface area contributed by atoms with Crippen molar-refractivity contribution in [2.75, 3.05) is 0 Å². The molecule has 1 aliphatic carbocycles. The van der Waals surface area contributed by atoms with Crippen molar-refractivity contribution in [3.63, 3.8) is 0 Å². The van der Waals surface area contributed by atoms with E-state index >= 15 is 0 Å². The van der Waals surface area contributed by atoms with Crippen molar-refractivity contribution in [1.29, 1.82) is 0 Å². The van der Waals surface area contributed by atoms with Crippen LogP contribution in [0.1, 0.15) is 5.56 Å². The summed E-state index contributed by atoms with van der Waals surface area (Å²) < 4.78 is 16.6. The lowest BCUT2D eigenvalue weighted by molar-refractivity contribution is 0.268. The molecule has 1 aliphatic rings. The summed E-state index contributed by atoms with van der Waals surface area (Å²) in [6.07, 6.45) is 7.33. The predicted molar refractivity (Wildman–Crippen MR) is 95.2 cm³/mol. The van der Waals surface area contributed by atoms with Gasteiger partial charge in [-0.05, 0) is 28.1 Å². The fraction of sp³-hybridized carbons (Fsp3) is 0.143. The molecule has 0 saturated carbocycles. The third-order valence-corrected chi connectivity index (χ3v) is 4.59. The SMILES string of the molecule is [N-]=[N+]=NC(C(I)=C(OP(=O)(O)O)c1ccccc1)C1C=CC=C1. The van der Waals surface area contributed by atoms with Crippen LogP contribution in [-0.4, -0.2) is 15.8 Å². The first kappa shape index (κ1) is 17.8. The van der Waals surface area contributed by atoms with E-state index in [9.17, 15) is 14.4 Å². The molecule has 7 nitrogen and oxygen atoms in total. The summed E-state index contributed by atoms with van der Waals surface area (Å²) in [4.78, 5) is 21.2. The maximum atomic E-state index is 11.3. The Morgan fingerprint density at radius 1 is 1.30 bits per heavy atom. The largest absolute Gasteiger partial charge is 0.524 e. The smallest absolute Gasteiger partial charge is 0.403 e. The molecule has 120 valence electrons. The van der Waals surface area contributed by atoms with Gasteiger partial charge in [-0.15, -0.1) is 0 Å². The molecular formula is C14H13IN3O4P. The number of hydrogen-bond donors (Lipinski definition) is 2. The average Bonchev–Trinajstić information content (AvgIpc) is 3.04. The zero-order valence-electron chi connectivity index (χ0n) is 11.7. The predicted octanol–water partition coefficient (Wildman–Crippen LogP) is 4.32. The third-order valence-electron chi connectivity index (χ3n) is 3.04. The summed E-state index contributed by atoms with van der Waals surface area (Å²) in [5.41, 5.74) is 9.31. The van der Waals surface area contributed by atoms with Gasteiger partial charge in [0.05, 0.1) is 6.04 Å². The zero-order valence-corrected chi connectivity index (χ0v) is 14.8. The highest BCUT2D eigenvalue weighted by Crippen LogP contribution is 2.45. The Balaban J connectivity index is 2.54. The van der Waals surface area contributed by atoms with Crippen LogP contribution < -0.4 is 0 Å². The molecule has 1 unspecified atom stereocenters. The monoisotopic (exact) mass is 445 g/mol. The van der Waals surface area contributed by atoms with E-state index in [2.05, 4.69) is 10.0 Å². The number of allylic oxidation sites excluding steroid dienone is 2.